The summed E-state index contributed by atoms with van der Waals surface area (Å²) in [7, 11) is 0. The molecule has 3 rings (SSSR count). The molecule has 1 aromatic heterocycles. The Morgan fingerprint density at radius 2 is 1.71 bits per heavy atom. The van der Waals surface area contributed by atoms with Crippen molar-refractivity contribution in [3.8, 4) is 5.75 Å². The molecule has 3 aromatic rings. The average Bonchev–Trinajstić information content (AvgIpc) is 2.72. The van der Waals surface area contributed by atoms with Gasteiger partial charge in [0.15, 0.2) is 5.75 Å². The summed E-state index contributed by atoms with van der Waals surface area (Å²) in [5.41, 5.74) is -0.630. The minimum Gasteiger partial charge on any atom is -0.370 e. The molecule has 0 aliphatic rings. The van der Waals surface area contributed by atoms with Crippen LogP contribution >= 0.6 is 0 Å². The minimum absolute atomic E-state index is 0.0574. The van der Waals surface area contributed by atoms with Crippen molar-refractivity contribution >= 4 is 29.1 Å². The van der Waals surface area contributed by atoms with Crippen LogP contribution in [-0.4, -0.2) is 16.9 Å². The van der Waals surface area contributed by atoms with Crippen LogP contribution in [-0.2, 0) is 11.0 Å². The Kier molecular flexibility index (Phi) is 6.39. The van der Waals surface area contributed by atoms with Crippen LogP contribution < -0.4 is 20.5 Å². The van der Waals surface area contributed by atoms with E-state index in [1.54, 1.807) is 30.3 Å². The zero-order chi connectivity index (χ0) is 22.4. The zero-order valence-electron chi connectivity index (χ0n) is 16.2. The van der Waals surface area contributed by atoms with E-state index in [-0.39, 0.29) is 23.2 Å². The molecule has 10 heteroatoms. The lowest BCUT2D eigenvalue weighted by atomic mass is 10.2. The third-order valence-corrected chi connectivity index (χ3v) is 3.85. The molecular formula is C21H17F3N4O3. The third kappa shape index (κ3) is 5.95. The number of nitrogens with one attached hydrogen (secondary N) is 2. The van der Waals surface area contributed by atoms with Crippen LogP contribution in [0.3, 0.4) is 0 Å². The minimum atomic E-state index is -4.55. The van der Waals surface area contributed by atoms with Crippen LogP contribution in [0.5, 0.6) is 5.75 Å². The number of rotatable bonds is 5. The predicted molar refractivity (Wildman–Crippen MR) is 109 cm³/mol. The topological polar surface area (TPSA) is 83.6 Å². The van der Waals surface area contributed by atoms with E-state index in [0.717, 1.165) is 17.2 Å². The van der Waals surface area contributed by atoms with E-state index >= 15 is 0 Å². The fraction of sp³-hybridized carbons (Fsp3) is 0.0952. The van der Waals surface area contributed by atoms with Gasteiger partial charge in [-0.2, -0.15) is 13.2 Å². The summed E-state index contributed by atoms with van der Waals surface area (Å²) in [6, 6.07) is 14.5. The number of alkyl halides is 3. The van der Waals surface area contributed by atoms with Gasteiger partial charge in [0.25, 0.3) is 0 Å². The quantitative estimate of drug-likeness (QED) is 0.553. The van der Waals surface area contributed by atoms with Gasteiger partial charge in [0, 0.05) is 30.9 Å². The first-order chi connectivity index (χ1) is 14.7. The summed E-state index contributed by atoms with van der Waals surface area (Å²) < 4.78 is 38.9. The van der Waals surface area contributed by atoms with E-state index in [9.17, 15) is 22.8 Å². The van der Waals surface area contributed by atoms with Gasteiger partial charge in [-0.3, -0.25) is 4.79 Å². The number of urea groups is 1. The second-order valence-electron chi connectivity index (χ2n) is 6.29. The van der Waals surface area contributed by atoms with Gasteiger partial charge in [-0.15, -0.1) is 5.06 Å². The molecule has 0 spiro atoms. The normalized spacial score (nSPS) is 10.8. The van der Waals surface area contributed by atoms with Gasteiger partial charge in [0.2, 0.25) is 5.91 Å². The summed E-state index contributed by atoms with van der Waals surface area (Å²) >= 11 is 0. The van der Waals surface area contributed by atoms with Crippen LogP contribution in [0.15, 0.2) is 72.9 Å². The molecule has 0 atom stereocenters. The number of carbonyl (C=O) groups is 2. The van der Waals surface area contributed by atoms with Crippen molar-refractivity contribution in [2.45, 2.75) is 13.1 Å². The van der Waals surface area contributed by atoms with Crippen LogP contribution in [0.2, 0.25) is 0 Å². The van der Waals surface area contributed by atoms with Crippen molar-refractivity contribution < 1.29 is 27.6 Å². The van der Waals surface area contributed by atoms with E-state index in [1.807, 2.05) is 0 Å². The highest BCUT2D eigenvalue weighted by molar-refractivity contribution is 6.00. The summed E-state index contributed by atoms with van der Waals surface area (Å²) in [4.78, 5) is 33.7. The second-order valence-corrected chi connectivity index (χ2v) is 6.29. The van der Waals surface area contributed by atoms with Gasteiger partial charge >= 0.3 is 12.2 Å². The van der Waals surface area contributed by atoms with Crippen molar-refractivity contribution in [2.75, 3.05) is 15.7 Å². The highest BCUT2D eigenvalue weighted by atomic mass is 19.4. The third-order valence-electron chi connectivity index (χ3n) is 3.85. The maximum atomic E-state index is 13.0. The van der Waals surface area contributed by atoms with Crippen molar-refractivity contribution in [3.05, 3.63) is 78.5 Å². The van der Waals surface area contributed by atoms with Gasteiger partial charge in [-0.25, -0.2) is 9.78 Å². The molecule has 0 saturated carbocycles. The number of hydrogen-bond donors (Lipinski definition) is 2. The Bertz CT molecular complexity index is 1070. The number of anilines is 3. The van der Waals surface area contributed by atoms with Gasteiger partial charge < -0.3 is 15.5 Å². The molecule has 0 fully saturated rings. The molecule has 0 radical (unpaired) electrons. The molecule has 0 saturated heterocycles. The van der Waals surface area contributed by atoms with Crippen molar-refractivity contribution in [3.63, 3.8) is 0 Å². The van der Waals surface area contributed by atoms with E-state index in [2.05, 4.69) is 15.6 Å². The molecule has 0 bridgehead atoms. The first-order valence-corrected chi connectivity index (χ1v) is 8.97. The number of para-hydroxylation sites is 1. The lowest BCUT2D eigenvalue weighted by Gasteiger charge is -2.23. The summed E-state index contributed by atoms with van der Waals surface area (Å²) in [5.74, 6) is 0.0324. The first-order valence-electron chi connectivity index (χ1n) is 8.97. The number of nitrogens with zero attached hydrogens (tertiary/aromatic N) is 2. The fourth-order valence-corrected chi connectivity index (χ4v) is 2.54. The zero-order valence-corrected chi connectivity index (χ0v) is 16.2. The number of hydrogen-bond acceptors (Lipinski definition) is 4. The number of amides is 3. The Morgan fingerprint density at radius 1 is 0.968 bits per heavy atom. The predicted octanol–water partition coefficient (Wildman–Crippen LogP) is 5.09. The first kappa shape index (κ1) is 21.6. The number of pyridine rings is 1. The monoisotopic (exact) mass is 430 g/mol. The molecule has 0 unspecified atom stereocenters. The van der Waals surface area contributed by atoms with E-state index in [0.29, 0.717) is 5.69 Å². The molecular weight excluding hydrogens is 413 g/mol. The Balaban J connectivity index is 1.86. The molecule has 0 aliphatic carbocycles. The largest absolute Gasteiger partial charge is 0.416 e. The van der Waals surface area contributed by atoms with Gasteiger partial charge in [0.05, 0.1) is 11.3 Å². The molecule has 0 aliphatic heterocycles. The number of carbonyl (C=O) groups excluding carboxylic acids is 2. The standard InChI is InChI=1S/C21H17F3N4O3/c1-14(29)26-19-13-18(10-11-25-19)31-28(17-8-3-2-4-9-17)20(30)27-16-7-5-6-15(12-16)21(22,23)24/h2-13H,1H3,(H,27,30)(H,25,26,29). The SMILES string of the molecule is CC(=O)Nc1cc(ON(C(=O)Nc2cccc(C(F)(F)F)c2)c2ccccc2)ccn1. The molecule has 2 aromatic carbocycles. The van der Waals surface area contributed by atoms with E-state index in [4.69, 9.17) is 4.84 Å². The van der Waals surface area contributed by atoms with Crippen molar-refractivity contribution in [1.82, 2.24) is 4.98 Å². The summed E-state index contributed by atoms with van der Waals surface area (Å²) in [5, 5.41) is 5.77. The van der Waals surface area contributed by atoms with Crippen LogP contribution in [0.1, 0.15) is 12.5 Å². The second kappa shape index (κ2) is 9.16. The lowest BCUT2D eigenvalue weighted by Crippen LogP contribution is -2.38. The van der Waals surface area contributed by atoms with Crippen LogP contribution in [0.4, 0.5) is 35.2 Å². The average molecular weight is 430 g/mol. The highest BCUT2D eigenvalue weighted by Gasteiger charge is 2.30. The van der Waals surface area contributed by atoms with Crippen molar-refractivity contribution in [2.24, 2.45) is 0 Å². The molecule has 3 amide bonds. The van der Waals surface area contributed by atoms with E-state index in [1.165, 1.54) is 37.4 Å². The molecule has 31 heavy (non-hydrogen) atoms. The maximum absolute atomic E-state index is 13.0. The molecule has 2 N–H and O–H groups in total. The number of benzene rings is 2. The molecule has 160 valence electrons. The van der Waals surface area contributed by atoms with Gasteiger partial charge in [-0.1, -0.05) is 24.3 Å². The Labute approximate surface area is 175 Å². The lowest BCUT2D eigenvalue weighted by molar-refractivity contribution is -0.137. The summed E-state index contributed by atoms with van der Waals surface area (Å²) in [6.07, 6.45) is -3.18. The number of hydroxylamine groups is 1. The maximum Gasteiger partial charge on any atom is 0.416 e. The number of aromatic nitrogens is 1. The summed E-state index contributed by atoms with van der Waals surface area (Å²) in [6.45, 7) is 1.31. The number of halogens is 3. The van der Waals surface area contributed by atoms with Crippen LogP contribution in [0.25, 0.3) is 0 Å². The van der Waals surface area contributed by atoms with Gasteiger partial charge in [-0.05, 0) is 30.3 Å². The Morgan fingerprint density at radius 3 is 2.39 bits per heavy atom. The fourth-order valence-electron chi connectivity index (χ4n) is 2.54. The van der Waals surface area contributed by atoms with Crippen molar-refractivity contribution in [1.29, 1.82) is 0 Å². The van der Waals surface area contributed by atoms with Crippen LogP contribution in [0, 0.1) is 0 Å². The molecule has 1 heterocycles. The van der Waals surface area contributed by atoms with E-state index < -0.39 is 17.8 Å². The van der Waals surface area contributed by atoms with Gasteiger partial charge in [0.1, 0.15) is 5.82 Å². The highest BCUT2D eigenvalue weighted by Crippen LogP contribution is 2.31. The molecule has 7 nitrogen and oxygen atoms in total. The smallest absolute Gasteiger partial charge is 0.370 e. The Hall–Kier alpha value is -4.08.